The topological polar surface area (TPSA) is 92.4 Å². The third-order valence-corrected chi connectivity index (χ3v) is 3.40. The summed E-state index contributed by atoms with van der Waals surface area (Å²) in [5, 5.41) is 11.9. The highest BCUT2D eigenvalue weighted by Crippen LogP contribution is 2.25. The van der Waals surface area contributed by atoms with Crippen molar-refractivity contribution >= 4 is 11.9 Å². The Bertz CT molecular complexity index is 262. The van der Waals surface area contributed by atoms with Gasteiger partial charge >= 0.3 is 5.97 Å². The summed E-state index contributed by atoms with van der Waals surface area (Å²) in [6.07, 6.45) is 1.98. The molecule has 0 fully saturated rings. The van der Waals surface area contributed by atoms with E-state index in [1.54, 1.807) is 0 Å². The average molecular weight is 244 g/mol. The van der Waals surface area contributed by atoms with Crippen LogP contribution < -0.4 is 11.1 Å². The fourth-order valence-electron chi connectivity index (χ4n) is 1.60. The molecule has 0 aliphatic carbocycles. The first kappa shape index (κ1) is 15.9. The van der Waals surface area contributed by atoms with Crippen molar-refractivity contribution in [3.05, 3.63) is 0 Å². The van der Waals surface area contributed by atoms with E-state index in [-0.39, 0.29) is 24.9 Å². The molecule has 0 radical (unpaired) electrons. The number of carbonyl (C=O) groups is 2. The Morgan fingerprint density at radius 2 is 1.82 bits per heavy atom. The zero-order chi connectivity index (χ0) is 13.5. The van der Waals surface area contributed by atoms with Gasteiger partial charge in [0.25, 0.3) is 0 Å². The van der Waals surface area contributed by atoms with E-state index in [1.807, 2.05) is 20.8 Å². The van der Waals surface area contributed by atoms with Crippen molar-refractivity contribution < 1.29 is 14.7 Å². The number of rotatable bonds is 8. The number of nitrogens with one attached hydrogen (secondary N) is 1. The SMILES string of the molecule is CCC(N)CC(=O)NCC(CC)(CC)C(=O)O. The van der Waals surface area contributed by atoms with Crippen LogP contribution in [-0.4, -0.2) is 29.6 Å². The van der Waals surface area contributed by atoms with Crippen LogP contribution in [0.2, 0.25) is 0 Å². The second-order valence-electron chi connectivity index (χ2n) is 4.44. The number of carboxylic acid groups (broad SMARTS) is 1. The average Bonchev–Trinajstić information content (AvgIpc) is 2.30. The molecular weight excluding hydrogens is 220 g/mol. The lowest BCUT2D eigenvalue weighted by Gasteiger charge is -2.27. The minimum Gasteiger partial charge on any atom is -0.481 e. The maximum Gasteiger partial charge on any atom is 0.311 e. The van der Waals surface area contributed by atoms with Crippen molar-refractivity contribution in [3.63, 3.8) is 0 Å². The monoisotopic (exact) mass is 244 g/mol. The Morgan fingerprint density at radius 1 is 1.29 bits per heavy atom. The lowest BCUT2D eigenvalue weighted by atomic mass is 9.82. The quantitative estimate of drug-likeness (QED) is 0.596. The number of amides is 1. The minimum atomic E-state index is -0.859. The molecule has 1 atom stereocenters. The van der Waals surface area contributed by atoms with Gasteiger partial charge in [0, 0.05) is 19.0 Å². The number of hydrogen-bond donors (Lipinski definition) is 3. The molecule has 1 unspecified atom stereocenters. The minimum absolute atomic E-state index is 0.155. The molecule has 4 N–H and O–H groups in total. The molecule has 0 saturated heterocycles. The normalized spacial score (nSPS) is 13.2. The van der Waals surface area contributed by atoms with Gasteiger partial charge in [-0.15, -0.1) is 0 Å². The van der Waals surface area contributed by atoms with E-state index in [1.165, 1.54) is 0 Å². The molecule has 0 saturated carbocycles. The Labute approximate surface area is 103 Å². The van der Waals surface area contributed by atoms with Crippen LogP contribution in [-0.2, 0) is 9.59 Å². The van der Waals surface area contributed by atoms with Crippen LogP contribution in [0.3, 0.4) is 0 Å². The molecule has 100 valence electrons. The van der Waals surface area contributed by atoms with E-state index in [2.05, 4.69) is 5.32 Å². The Kier molecular flexibility index (Phi) is 6.80. The summed E-state index contributed by atoms with van der Waals surface area (Å²) in [6, 6.07) is -0.155. The first-order valence-electron chi connectivity index (χ1n) is 6.17. The van der Waals surface area contributed by atoms with Gasteiger partial charge in [0.1, 0.15) is 0 Å². The molecule has 0 aliphatic rings. The second-order valence-corrected chi connectivity index (χ2v) is 4.44. The van der Waals surface area contributed by atoms with E-state index >= 15 is 0 Å². The summed E-state index contributed by atoms with van der Waals surface area (Å²) in [4.78, 5) is 22.7. The van der Waals surface area contributed by atoms with Gasteiger partial charge in [-0.1, -0.05) is 20.8 Å². The van der Waals surface area contributed by atoms with E-state index in [0.29, 0.717) is 12.8 Å². The van der Waals surface area contributed by atoms with E-state index in [9.17, 15) is 14.7 Å². The van der Waals surface area contributed by atoms with Crippen LogP contribution >= 0.6 is 0 Å². The fraction of sp³-hybridized carbons (Fsp3) is 0.833. The molecule has 0 rings (SSSR count). The predicted molar refractivity (Wildman–Crippen MR) is 66.5 cm³/mol. The molecule has 5 nitrogen and oxygen atoms in total. The molecule has 17 heavy (non-hydrogen) atoms. The number of carbonyl (C=O) groups excluding carboxylic acids is 1. The first-order chi connectivity index (χ1) is 7.91. The van der Waals surface area contributed by atoms with Crippen LogP contribution in [0, 0.1) is 5.41 Å². The van der Waals surface area contributed by atoms with Crippen LogP contribution in [0.25, 0.3) is 0 Å². The molecule has 1 amide bonds. The number of nitrogens with two attached hydrogens (primary N) is 1. The smallest absolute Gasteiger partial charge is 0.311 e. The maximum absolute atomic E-state index is 11.5. The first-order valence-corrected chi connectivity index (χ1v) is 6.17. The van der Waals surface area contributed by atoms with Crippen molar-refractivity contribution in [2.24, 2.45) is 11.1 Å². The van der Waals surface area contributed by atoms with Gasteiger partial charge < -0.3 is 16.2 Å². The van der Waals surface area contributed by atoms with Gasteiger partial charge in [0.15, 0.2) is 0 Å². The molecular formula is C12H24N2O3. The zero-order valence-corrected chi connectivity index (χ0v) is 11.0. The molecule has 0 bridgehead atoms. The van der Waals surface area contributed by atoms with Crippen molar-refractivity contribution in [1.82, 2.24) is 5.32 Å². The summed E-state index contributed by atoms with van der Waals surface area (Å²) >= 11 is 0. The predicted octanol–water partition coefficient (Wildman–Crippen LogP) is 1.12. The molecule has 0 heterocycles. The summed E-state index contributed by atoms with van der Waals surface area (Å²) in [6.45, 7) is 5.73. The molecule has 0 spiro atoms. The highest BCUT2D eigenvalue weighted by atomic mass is 16.4. The fourth-order valence-corrected chi connectivity index (χ4v) is 1.60. The summed E-state index contributed by atoms with van der Waals surface area (Å²) in [5.41, 5.74) is 4.81. The summed E-state index contributed by atoms with van der Waals surface area (Å²) in [7, 11) is 0. The third-order valence-electron chi connectivity index (χ3n) is 3.40. The second kappa shape index (κ2) is 7.27. The van der Waals surface area contributed by atoms with Crippen LogP contribution in [0.15, 0.2) is 0 Å². The molecule has 0 aromatic heterocycles. The zero-order valence-electron chi connectivity index (χ0n) is 11.0. The van der Waals surface area contributed by atoms with Gasteiger partial charge in [0.2, 0.25) is 5.91 Å². The van der Waals surface area contributed by atoms with Gasteiger partial charge in [-0.05, 0) is 19.3 Å². The largest absolute Gasteiger partial charge is 0.481 e. The summed E-state index contributed by atoms with van der Waals surface area (Å²) in [5.74, 6) is -1.03. The number of hydrogen-bond acceptors (Lipinski definition) is 3. The Hall–Kier alpha value is -1.10. The van der Waals surface area contributed by atoms with E-state index in [4.69, 9.17) is 5.73 Å². The lowest BCUT2D eigenvalue weighted by molar-refractivity contribution is -0.149. The van der Waals surface area contributed by atoms with Crippen molar-refractivity contribution in [3.8, 4) is 0 Å². The standard InChI is InChI=1S/C12H24N2O3/c1-4-9(13)7-10(15)14-8-12(5-2,6-3)11(16)17/h9H,4-8,13H2,1-3H3,(H,14,15)(H,16,17). The number of carboxylic acids is 1. The van der Waals surface area contributed by atoms with Crippen LogP contribution in [0.1, 0.15) is 46.5 Å². The maximum atomic E-state index is 11.5. The molecule has 0 aliphatic heterocycles. The highest BCUT2D eigenvalue weighted by molar-refractivity contribution is 5.79. The van der Waals surface area contributed by atoms with Gasteiger partial charge in [-0.2, -0.15) is 0 Å². The van der Waals surface area contributed by atoms with Crippen molar-refractivity contribution in [2.45, 2.75) is 52.5 Å². The van der Waals surface area contributed by atoms with Crippen LogP contribution in [0.5, 0.6) is 0 Å². The van der Waals surface area contributed by atoms with Gasteiger partial charge in [-0.25, -0.2) is 0 Å². The van der Waals surface area contributed by atoms with Gasteiger partial charge in [-0.3, -0.25) is 9.59 Å². The molecule has 0 aromatic rings. The van der Waals surface area contributed by atoms with Gasteiger partial charge in [0.05, 0.1) is 5.41 Å². The Balaban J connectivity index is 4.32. The van der Waals surface area contributed by atoms with Crippen LogP contribution in [0.4, 0.5) is 0 Å². The highest BCUT2D eigenvalue weighted by Gasteiger charge is 2.35. The lowest BCUT2D eigenvalue weighted by Crippen LogP contribution is -2.43. The van der Waals surface area contributed by atoms with E-state index in [0.717, 1.165) is 6.42 Å². The summed E-state index contributed by atoms with van der Waals surface area (Å²) < 4.78 is 0. The van der Waals surface area contributed by atoms with E-state index < -0.39 is 11.4 Å². The number of aliphatic carboxylic acids is 1. The van der Waals surface area contributed by atoms with Crippen molar-refractivity contribution in [2.75, 3.05) is 6.54 Å². The molecule has 0 aromatic carbocycles. The Morgan fingerprint density at radius 3 is 2.18 bits per heavy atom. The van der Waals surface area contributed by atoms with Crippen molar-refractivity contribution in [1.29, 1.82) is 0 Å². The third kappa shape index (κ3) is 4.73. The molecule has 5 heteroatoms.